The fourth-order valence-electron chi connectivity index (χ4n) is 2.91. The van der Waals surface area contributed by atoms with E-state index in [2.05, 4.69) is 15.4 Å². The summed E-state index contributed by atoms with van der Waals surface area (Å²) in [6.45, 7) is 0.201. The fourth-order valence-corrected chi connectivity index (χ4v) is 3.20. The first-order chi connectivity index (χ1) is 14.8. The van der Waals surface area contributed by atoms with Crippen molar-refractivity contribution in [1.82, 2.24) is 10.6 Å². The number of hydrogen-bond donors (Lipinski definition) is 2. The van der Waals surface area contributed by atoms with Gasteiger partial charge in [0.05, 0.1) is 11.6 Å². The highest BCUT2D eigenvalue weighted by Crippen LogP contribution is 2.38. The first kappa shape index (κ1) is 23.0. The molecule has 0 spiro atoms. The van der Waals surface area contributed by atoms with Crippen LogP contribution in [-0.2, 0) is 24.3 Å². The van der Waals surface area contributed by atoms with Gasteiger partial charge in [-0.15, -0.1) is 0 Å². The maximum atomic E-state index is 12.1. The summed E-state index contributed by atoms with van der Waals surface area (Å²) in [6.07, 6.45) is -3.78. The van der Waals surface area contributed by atoms with Crippen LogP contribution >= 0.6 is 11.6 Å². The molecular formula is C21H22ClF3N2O4. The zero-order valence-electron chi connectivity index (χ0n) is 16.6. The van der Waals surface area contributed by atoms with Crippen molar-refractivity contribution in [3.8, 4) is 11.5 Å². The summed E-state index contributed by atoms with van der Waals surface area (Å²) in [4.78, 5) is 12.0. The van der Waals surface area contributed by atoms with Crippen LogP contribution in [0.5, 0.6) is 11.5 Å². The van der Waals surface area contributed by atoms with Crippen LogP contribution in [0.2, 0.25) is 5.02 Å². The van der Waals surface area contributed by atoms with E-state index >= 15 is 0 Å². The van der Waals surface area contributed by atoms with E-state index in [0.717, 1.165) is 11.1 Å². The molecule has 0 radical (unpaired) electrons. The Kier molecular flexibility index (Phi) is 7.86. The summed E-state index contributed by atoms with van der Waals surface area (Å²) in [7, 11) is 0. The van der Waals surface area contributed by atoms with E-state index in [1.807, 2.05) is 6.07 Å². The SMILES string of the molecule is O=C(NCCc1cc(Cl)c2c(c1)OCCO2)NCc1ccc(COCC(F)(F)F)cc1. The van der Waals surface area contributed by atoms with Crippen LogP contribution in [0.3, 0.4) is 0 Å². The van der Waals surface area contributed by atoms with Gasteiger partial charge >= 0.3 is 12.2 Å². The second-order valence-electron chi connectivity index (χ2n) is 6.89. The lowest BCUT2D eigenvalue weighted by molar-refractivity contribution is -0.176. The molecule has 0 bridgehead atoms. The molecule has 0 saturated carbocycles. The van der Waals surface area contributed by atoms with Gasteiger partial charge in [0.1, 0.15) is 19.8 Å². The topological polar surface area (TPSA) is 68.8 Å². The third kappa shape index (κ3) is 7.52. The molecule has 6 nitrogen and oxygen atoms in total. The van der Waals surface area contributed by atoms with Gasteiger partial charge in [0.15, 0.2) is 11.5 Å². The molecule has 0 saturated heterocycles. The number of ether oxygens (including phenoxy) is 3. The van der Waals surface area contributed by atoms with Crippen LogP contribution in [0.1, 0.15) is 16.7 Å². The highest BCUT2D eigenvalue weighted by Gasteiger charge is 2.27. The zero-order valence-corrected chi connectivity index (χ0v) is 17.3. The van der Waals surface area contributed by atoms with Gasteiger partial charge in [-0.3, -0.25) is 0 Å². The molecule has 2 N–H and O–H groups in total. The molecule has 0 atom stereocenters. The number of carbonyl (C=O) groups is 1. The molecule has 2 amide bonds. The number of nitrogens with one attached hydrogen (secondary N) is 2. The summed E-state index contributed by atoms with van der Waals surface area (Å²) < 4.78 is 51.9. The quantitative estimate of drug-likeness (QED) is 0.621. The van der Waals surface area contributed by atoms with Gasteiger partial charge in [-0.25, -0.2) is 4.79 Å². The summed E-state index contributed by atoms with van der Waals surface area (Å²) in [6, 6.07) is 10.1. The fraction of sp³-hybridized carbons (Fsp3) is 0.381. The maximum Gasteiger partial charge on any atom is 0.411 e. The van der Waals surface area contributed by atoms with E-state index in [9.17, 15) is 18.0 Å². The number of alkyl halides is 3. The number of carbonyl (C=O) groups excluding carboxylic acids is 1. The summed E-state index contributed by atoms with van der Waals surface area (Å²) in [5.41, 5.74) is 2.35. The Balaban J connectivity index is 1.37. The van der Waals surface area contributed by atoms with Gasteiger partial charge in [-0.05, 0) is 35.2 Å². The lowest BCUT2D eigenvalue weighted by Crippen LogP contribution is -2.36. The van der Waals surface area contributed by atoms with Gasteiger partial charge in [0, 0.05) is 13.1 Å². The minimum absolute atomic E-state index is 0.127. The molecule has 31 heavy (non-hydrogen) atoms. The van der Waals surface area contributed by atoms with E-state index in [4.69, 9.17) is 21.1 Å². The predicted octanol–water partition coefficient (Wildman–Crippen LogP) is 4.23. The molecule has 10 heteroatoms. The second kappa shape index (κ2) is 10.6. The number of urea groups is 1. The van der Waals surface area contributed by atoms with Gasteiger partial charge in [-0.1, -0.05) is 35.9 Å². The number of halogens is 4. The third-order valence-electron chi connectivity index (χ3n) is 4.37. The predicted molar refractivity (Wildman–Crippen MR) is 109 cm³/mol. The van der Waals surface area contributed by atoms with Gasteiger partial charge < -0.3 is 24.8 Å². The van der Waals surface area contributed by atoms with Gasteiger partial charge in [-0.2, -0.15) is 13.2 Å². The lowest BCUT2D eigenvalue weighted by atomic mass is 10.1. The van der Waals surface area contributed by atoms with E-state index in [1.54, 1.807) is 30.3 Å². The molecule has 3 rings (SSSR count). The Morgan fingerprint density at radius 3 is 2.48 bits per heavy atom. The molecule has 2 aromatic carbocycles. The molecule has 0 aromatic heterocycles. The Hall–Kier alpha value is -2.65. The highest BCUT2D eigenvalue weighted by atomic mass is 35.5. The molecule has 1 aliphatic rings. The molecule has 168 valence electrons. The first-order valence-electron chi connectivity index (χ1n) is 9.62. The molecule has 2 aromatic rings. The minimum atomic E-state index is -4.34. The molecule has 0 fully saturated rings. The standard InChI is InChI=1S/C21H22ClF3N2O4/c22-17-9-16(10-18-19(17)31-8-7-30-18)5-6-26-20(28)27-11-14-1-3-15(4-2-14)12-29-13-21(23,24)25/h1-4,9-10H,5-8,11-13H2,(H2,26,27,28). The van der Waals surface area contributed by atoms with Crippen molar-refractivity contribution in [2.24, 2.45) is 0 Å². The minimum Gasteiger partial charge on any atom is -0.486 e. The van der Waals surface area contributed by atoms with E-state index in [1.165, 1.54) is 0 Å². The first-order valence-corrected chi connectivity index (χ1v) is 10.00. The van der Waals surface area contributed by atoms with Crippen LogP contribution in [0.15, 0.2) is 36.4 Å². The average molecular weight is 459 g/mol. The van der Waals surface area contributed by atoms with Crippen molar-refractivity contribution in [3.63, 3.8) is 0 Å². The van der Waals surface area contributed by atoms with Crippen molar-refractivity contribution in [3.05, 3.63) is 58.1 Å². The Morgan fingerprint density at radius 2 is 1.74 bits per heavy atom. The van der Waals surface area contributed by atoms with Gasteiger partial charge in [0.2, 0.25) is 0 Å². The van der Waals surface area contributed by atoms with Crippen molar-refractivity contribution >= 4 is 17.6 Å². The monoisotopic (exact) mass is 458 g/mol. The molecule has 0 aliphatic carbocycles. The third-order valence-corrected chi connectivity index (χ3v) is 4.65. The number of hydrogen-bond acceptors (Lipinski definition) is 4. The number of rotatable bonds is 8. The number of amides is 2. The van der Waals surface area contributed by atoms with Crippen LogP contribution in [0.4, 0.5) is 18.0 Å². The highest BCUT2D eigenvalue weighted by molar-refractivity contribution is 6.32. The van der Waals surface area contributed by atoms with E-state index < -0.39 is 12.8 Å². The van der Waals surface area contributed by atoms with Crippen LogP contribution in [-0.4, -0.2) is 38.6 Å². The second-order valence-corrected chi connectivity index (χ2v) is 7.29. The Morgan fingerprint density at radius 1 is 1.03 bits per heavy atom. The largest absolute Gasteiger partial charge is 0.486 e. The average Bonchev–Trinajstić information content (AvgIpc) is 2.72. The van der Waals surface area contributed by atoms with Crippen molar-refractivity contribution in [2.45, 2.75) is 25.7 Å². The van der Waals surface area contributed by atoms with Crippen molar-refractivity contribution < 1.29 is 32.2 Å². The molecular weight excluding hydrogens is 437 g/mol. The maximum absolute atomic E-state index is 12.1. The van der Waals surface area contributed by atoms with Crippen LogP contribution < -0.4 is 20.1 Å². The van der Waals surface area contributed by atoms with Crippen LogP contribution in [0.25, 0.3) is 0 Å². The Bertz CT molecular complexity index is 891. The van der Waals surface area contributed by atoms with Crippen molar-refractivity contribution in [1.29, 1.82) is 0 Å². The van der Waals surface area contributed by atoms with Crippen LogP contribution in [0, 0.1) is 0 Å². The smallest absolute Gasteiger partial charge is 0.411 e. The lowest BCUT2D eigenvalue weighted by Gasteiger charge is -2.20. The summed E-state index contributed by atoms with van der Waals surface area (Å²) in [5, 5.41) is 5.97. The zero-order chi connectivity index (χ0) is 22.3. The number of benzene rings is 2. The molecule has 1 aliphatic heterocycles. The van der Waals surface area contributed by atoms with Crippen molar-refractivity contribution in [2.75, 3.05) is 26.4 Å². The molecule has 1 heterocycles. The van der Waals surface area contributed by atoms with E-state index in [-0.39, 0.29) is 19.2 Å². The summed E-state index contributed by atoms with van der Waals surface area (Å²) in [5.74, 6) is 1.14. The van der Waals surface area contributed by atoms with Gasteiger partial charge in [0.25, 0.3) is 0 Å². The Labute approximate surface area is 182 Å². The number of fused-ring (bicyclic) bond motifs is 1. The summed E-state index contributed by atoms with van der Waals surface area (Å²) >= 11 is 6.20. The van der Waals surface area contributed by atoms with E-state index in [0.29, 0.717) is 48.3 Å². The normalized spacial score (nSPS) is 13.0. The molecule has 0 unspecified atom stereocenters.